The Morgan fingerprint density at radius 2 is 2.07 bits per heavy atom. The van der Waals surface area contributed by atoms with E-state index in [2.05, 4.69) is 10.3 Å². The molecule has 1 aromatic carbocycles. The number of benzene rings is 1. The van der Waals surface area contributed by atoms with Crippen molar-refractivity contribution >= 4 is 11.3 Å². The van der Waals surface area contributed by atoms with E-state index in [1.54, 1.807) is 23.5 Å². The lowest BCUT2D eigenvalue weighted by Crippen LogP contribution is -2.06. The van der Waals surface area contributed by atoms with Crippen LogP contribution < -0.4 is 5.32 Å². The molecule has 0 bridgehead atoms. The molecule has 78 valence electrons. The van der Waals surface area contributed by atoms with E-state index in [1.807, 2.05) is 12.6 Å². The van der Waals surface area contributed by atoms with Gasteiger partial charge in [0.15, 0.2) is 0 Å². The van der Waals surface area contributed by atoms with Crippen LogP contribution in [0.3, 0.4) is 0 Å². The van der Waals surface area contributed by atoms with Crippen molar-refractivity contribution in [3.05, 3.63) is 41.3 Å². The van der Waals surface area contributed by atoms with Gasteiger partial charge in [-0.15, -0.1) is 11.3 Å². The quantitative estimate of drug-likeness (QED) is 0.863. The van der Waals surface area contributed by atoms with Gasteiger partial charge in [0, 0.05) is 6.54 Å². The molecule has 1 N–H and O–H groups in total. The minimum Gasteiger partial charge on any atom is -0.314 e. The van der Waals surface area contributed by atoms with Crippen LogP contribution in [0.1, 0.15) is 5.69 Å². The predicted molar refractivity (Wildman–Crippen MR) is 60.3 cm³/mol. The second kappa shape index (κ2) is 4.51. The summed E-state index contributed by atoms with van der Waals surface area (Å²) >= 11 is 1.57. The van der Waals surface area contributed by atoms with E-state index in [0.717, 1.165) is 22.7 Å². The van der Waals surface area contributed by atoms with Gasteiger partial charge >= 0.3 is 0 Å². The molecule has 0 atom stereocenters. The van der Waals surface area contributed by atoms with Crippen molar-refractivity contribution in [2.45, 2.75) is 6.54 Å². The molecule has 0 spiro atoms. The largest absolute Gasteiger partial charge is 0.314 e. The van der Waals surface area contributed by atoms with Gasteiger partial charge < -0.3 is 5.32 Å². The van der Waals surface area contributed by atoms with Crippen LogP contribution in [0.15, 0.2) is 29.8 Å². The van der Waals surface area contributed by atoms with Crippen molar-refractivity contribution < 1.29 is 4.39 Å². The molecule has 0 amide bonds. The van der Waals surface area contributed by atoms with Gasteiger partial charge in [0.05, 0.1) is 16.1 Å². The number of hydrogen-bond donors (Lipinski definition) is 1. The molecule has 2 nitrogen and oxygen atoms in total. The first-order valence-corrected chi connectivity index (χ1v) is 5.52. The SMILES string of the molecule is CNCc1ncsc1-c1ccc(F)cc1. The van der Waals surface area contributed by atoms with Gasteiger partial charge in [-0.2, -0.15) is 0 Å². The van der Waals surface area contributed by atoms with Crippen LogP contribution in [-0.4, -0.2) is 12.0 Å². The Balaban J connectivity index is 2.36. The highest BCUT2D eigenvalue weighted by atomic mass is 32.1. The topological polar surface area (TPSA) is 24.9 Å². The molecular formula is C11H11FN2S. The first kappa shape index (κ1) is 10.3. The zero-order valence-electron chi connectivity index (χ0n) is 8.33. The first-order valence-electron chi connectivity index (χ1n) is 4.64. The maximum absolute atomic E-state index is 12.8. The minimum absolute atomic E-state index is 0.210. The van der Waals surface area contributed by atoms with E-state index in [1.165, 1.54) is 12.1 Å². The molecule has 0 aliphatic carbocycles. The lowest BCUT2D eigenvalue weighted by molar-refractivity contribution is 0.628. The molecule has 0 saturated heterocycles. The molecule has 4 heteroatoms. The molecule has 2 rings (SSSR count). The van der Waals surface area contributed by atoms with Crippen LogP contribution in [0.5, 0.6) is 0 Å². The molecule has 15 heavy (non-hydrogen) atoms. The van der Waals surface area contributed by atoms with Crippen molar-refractivity contribution in [3.63, 3.8) is 0 Å². The van der Waals surface area contributed by atoms with Crippen LogP contribution in [0.25, 0.3) is 10.4 Å². The molecule has 0 unspecified atom stereocenters. The van der Waals surface area contributed by atoms with Gasteiger partial charge in [0.2, 0.25) is 0 Å². The summed E-state index contributed by atoms with van der Waals surface area (Å²) < 4.78 is 12.8. The van der Waals surface area contributed by atoms with E-state index in [9.17, 15) is 4.39 Å². The van der Waals surface area contributed by atoms with Gasteiger partial charge in [0.25, 0.3) is 0 Å². The Morgan fingerprint density at radius 1 is 1.33 bits per heavy atom. The van der Waals surface area contributed by atoms with Crippen LogP contribution in [0.2, 0.25) is 0 Å². The molecule has 0 aliphatic heterocycles. The summed E-state index contributed by atoms with van der Waals surface area (Å²) in [4.78, 5) is 5.37. The number of nitrogens with zero attached hydrogens (tertiary/aromatic N) is 1. The van der Waals surface area contributed by atoms with E-state index in [0.29, 0.717) is 0 Å². The normalized spacial score (nSPS) is 10.5. The summed E-state index contributed by atoms with van der Waals surface area (Å²) in [6.45, 7) is 0.732. The van der Waals surface area contributed by atoms with Crippen molar-refractivity contribution in [3.8, 4) is 10.4 Å². The minimum atomic E-state index is -0.210. The molecular weight excluding hydrogens is 211 g/mol. The average Bonchev–Trinajstić information content (AvgIpc) is 2.68. The highest BCUT2D eigenvalue weighted by molar-refractivity contribution is 7.13. The fourth-order valence-corrected chi connectivity index (χ4v) is 2.22. The number of thiazole rings is 1. The van der Waals surface area contributed by atoms with E-state index in [4.69, 9.17) is 0 Å². The highest BCUT2D eigenvalue weighted by Gasteiger charge is 2.07. The third-order valence-electron chi connectivity index (χ3n) is 2.09. The average molecular weight is 222 g/mol. The summed E-state index contributed by atoms with van der Waals surface area (Å²) in [5.41, 5.74) is 3.84. The number of hydrogen-bond acceptors (Lipinski definition) is 3. The molecule has 0 fully saturated rings. The van der Waals surface area contributed by atoms with Gasteiger partial charge in [-0.05, 0) is 24.7 Å². The number of aromatic nitrogens is 1. The fraction of sp³-hybridized carbons (Fsp3) is 0.182. The Kier molecular flexibility index (Phi) is 3.08. The lowest BCUT2D eigenvalue weighted by Gasteiger charge is -2.01. The molecule has 2 aromatic rings. The summed E-state index contributed by atoms with van der Waals surface area (Å²) in [7, 11) is 1.88. The van der Waals surface area contributed by atoms with Gasteiger partial charge in [-0.3, -0.25) is 0 Å². The van der Waals surface area contributed by atoms with Crippen molar-refractivity contribution in [2.24, 2.45) is 0 Å². The fourth-order valence-electron chi connectivity index (χ4n) is 1.40. The molecule has 0 aliphatic rings. The number of halogens is 1. The van der Waals surface area contributed by atoms with Crippen molar-refractivity contribution in [1.82, 2.24) is 10.3 Å². The Hall–Kier alpha value is -1.26. The highest BCUT2D eigenvalue weighted by Crippen LogP contribution is 2.27. The molecule has 1 heterocycles. The third-order valence-corrected chi connectivity index (χ3v) is 3.01. The maximum Gasteiger partial charge on any atom is 0.123 e. The van der Waals surface area contributed by atoms with Crippen LogP contribution in [0.4, 0.5) is 4.39 Å². The van der Waals surface area contributed by atoms with E-state index in [-0.39, 0.29) is 5.82 Å². The summed E-state index contributed by atoms with van der Waals surface area (Å²) in [6, 6.07) is 6.50. The third kappa shape index (κ3) is 2.22. The lowest BCUT2D eigenvalue weighted by atomic mass is 10.1. The molecule has 0 radical (unpaired) electrons. The Bertz CT molecular complexity index is 436. The second-order valence-corrected chi connectivity index (χ2v) is 4.02. The summed E-state index contributed by atoms with van der Waals surface area (Å²) in [5, 5.41) is 3.06. The van der Waals surface area contributed by atoms with E-state index < -0.39 is 0 Å². The standard InChI is InChI=1S/C11H11FN2S/c1-13-6-10-11(15-7-14-10)8-2-4-9(12)5-3-8/h2-5,7,13H,6H2,1H3. The van der Waals surface area contributed by atoms with Gasteiger partial charge in [-0.25, -0.2) is 9.37 Å². The second-order valence-electron chi connectivity index (χ2n) is 3.17. The number of rotatable bonds is 3. The van der Waals surface area contributed by atoms with Crippen molar-refractivity contribution in [2.75, 3.05) is 7.05 Å². The maximum atomic E-state index is 12.8. The van der Waals surface area contributed by atoms with Crippen LogP contribution in [-0.2, 0) is 6.54 Å². The van der Waals surface area contributed by atoms with Gasteiger partial charge in [0.1, 0.15) is 5.82 Å². The van der Waals surface area contributed by atoms with E-state index >= 15 is 0 Å². The Labute approximate surface area is 91.8 Å². The predicted octanol–water partition coefficient (Wildman–Crippen LogP) is 2.67. The molecule has 0 saturated carbocycles. The summed E-state index contributed by atoms with van der Waals surface area (Å²) in [6.07, 6.45) is 0. The Morgan fingerprint density at radius 3 is 2.73 bits per heavy atom. The van der Waals surface area contributed by atoms with Crippen LogP contribution in [0, 0.1) is 5.82 Å². The monoisotopic (exact) mass is 222 g/mol. The smallest absolute Gasteiger partial charge is 0.123 e. The van der Waals surface area contributed by atoms with Crippen LogP contribution >= 0.6 is 11.3 Å². The number of nitrogens with one attached hydrogen (secondary N) is 1. The molecule has 1 aromatic heterocycles. The zero-order chi connectivity index (χ0) is 10.7. The first-order chi connectivity index (χ1) is 7.31. The zero-order valence-corrected chi connectivity index (χ0v) is 9.14. The van der Waals surface area contributed by atoms with Crippen molar-refractivity contribution in [1.29, 1.82) is 0 Å². The summed E-state index contributed by atoms with van der Waals surface area (Å²) in [5.74, 6) is -0.210. The van der Waals surface area contributed by atoms with Gasteiger partial charge in [-0.1, -0.05) is 12.1 Å².